The fraction of sp³-hybridized carbons (Fsp3) is 0.160. The topological polar surface area (TPSA) is 63.4 Å². The van der Waals surface area contributed by atoms with Crippen molar-refractivity contribution in [2.75, 3.05) is 4.90 Å². The summed E-state index contributed by atoms with van der Waals surface area (Å²) in [5.41, 5.74) is 1.86. The molecule has 1 unspecified atom stereocenters. The van der Waals surface area contributed by atoms with Crippen LogP contribution in [0.5, 0.6) is 0 Å². The van der Waals surface area contributed by atoms with Crippen LogP contribution >= 0.6 is 0 Å². The first-order valence-corrected chi connectivity index (χ1v) is 10.1. The van der Waals surface area contributed by atoms with E-state index in [0.717, 1.165) is 17.2 Å². The molecule has 5 rings (SSSR count). The SMILES string of the molecule is CC(C)c1ccc(C2c3c(oc4ccc(F)cc4c3=O)C(=O)N2c2ccccn2)cc1. The minimum absolute atomic E-state index is 0.0345. The lowest BCUT2D eigenvalue weighted by Gasteiger charge is -2.24. The summed E-state index contributed by atoms with van der Waals surface area (Å²) in [6, 6.07) is 16.0. The average molecular weight is 414 g/mol. The van der Waals surface area contributed by atoms with Gasteiger partial charge in [0.2, 0.25) is 5.76 Å². The van der Waals surface area contributed by atoms with Gasteiger partial charge in [0.15, 0.2) is 5.43 Å². The fourth-order valence-corrected chi connectivity index (χ4v) is 4.06. The molecule has 2 aromatic carbocycles. The Balaban J connectivity index is 1.78. The number of pyridine rings is 1. The molecular formula is C25H19FN2O3. The second-order valence-corrected chi connectivity index (χ2v) is 7.90. The molecule has 0 N–H and O–H groups in total. The van der Waals surface area contributed by atoms with Crippen molar-refractivity contribution in [1.82, 2.24) is 4.98 Å². The summed E-state index contributed by atoms with van der Waals surface area (Å²) in [6.07, 6.45) is 1.59. The van der Waals surface area contributed by atoms with Gasteiger partial charge in [-0.05, 0) is 47.4 Å². The fourth-order valence-electron chi connectivity index (χ4n) is 4.06. The molecule has 0 bridgehead atoms. The zero-order valence-electron chi connectivity index (χ0n) is 17.0. The van der Waals surface area contributed by atoms with Gasteiger partial charge in [-0.3, -0.25) is 14.5 Å². The van der Waals surface area contributed by atoms with Crippen LogP contribution in [0.1, 0.15) is 53.1 Å². The van der Waals surface area contributed by atoms with E-state index in [9.17, 15) is 14.0 Å². The number of rotatable bonds is 3. The zero-order valence-corrected chi connectivity index (χ0v) is 17.0. The third-order valence-electron chi connectivity index (χ3n) is 5.65. The summed E-state index contributed by atoms with van der Waals surface area (Å²) < 4.78 is 19.7. The first kappa shape index (κ1) is 19.2. The summed E-state index contributed by atoms with van der Waals surface area (Å²) in [7, 11) is 0. The Morgan fingerprint density at radius 2 is 1.81 bits per heavy atom. The van der Waals surface area contributed by atoms with Crippen LogP contribution in [-0.4, -0.2) is 10.9 Å². The molecule has 0 fully saturated rings. The van der Waals surface area contributed by atoms with Crippen LogP contribution in [0.2, 0.25) is 0 Å². The molecule has 2 aromatic heterocycles. The van der Waals surface area contributed by atoms with E-state index in [1.54, 1.807) is 24.4 Å². The summed E-state index contributed by atoms with van der Waals surface area (Å²) in [4.78, 5) is 32.6. The van der Waals surface area contributed by atoms with E-state index in [2.05, 4.69) is 18.8 Å². The lowest BCUT2D eigenvalue weighted by atomic mass is 9.95. The molecule has 0 spiro atoms. The lowest BCUT2D eigenvalue weighted by molar-refractivity contribution is 0.0970. The normalized spacial score (nSPS) is 15.7. The Morgan fingerprint density at radius 1 is 1.03 bits per heavy atom. The Hall–Kier alpha value is -3.80. The van der Waals surface area contributed by atoms with Crippen molar-refractivity contribution in [2.45, 2.75) is 25.8 Å². The highest BCUT2D eigenvalue weighted by Gasteiger charge is 2.44. The molecule has 154 valence electrons. The number of halogens is 1. The van der Waals surface area contributed by atoms with Crippen molar-refractivity contribution in [3.63, 3.8) is 0 Å². The Bertz CT molecular complexity index is 1360. The largest absolute Gasteiger partial charge is 0.450 e. The van der Waals surface area contributed by atoms with Gasteiger partial charge in [-0.1, -0.05) is 44.2 Å². The minimum Gasteiger partial charge on any atom is -0.450 e. The molecule has 0 saturated carbocycles. The van der Waals surface area contributed by atoms with Crippen LogP contribution < -0.4 is 10.3 Å². The monoisotopic (exact) mass is 414 g/mol. The molecule has 31 heavy (non-hydrogen) atoms. The predicted molar refractivity (Wildman–Crippen MR) is 116 cm³/mol. The number of nitrogens with zero attached hydrogens (tertiary/aromatic N) is 2. The first-order chi connectivity index (χ1) is 15.0. The van der Waals surface area contributed by atoms with E-state index in [4.69, 9.17) is 4.42 Å². The van der Waals surface area contributed by atoms with E-state index < -0.39 is 23.2 Å². The third-order valence-corrected chi connectivity index (χ3v) is 5.65. The Morgan fingerprint density at radius 3 is 2.48 bits per heavy atom. The van der Waals surface area contributed by atoms with E-state index in [-0.39, 0.29) is 22.3 Å². The molecule has 6 heteroatoms. The highest BCUT2D eigenvalue weighted by Crippen LogP contribution is 2.40. The molecule has 1 atom stereocenters. The number of anilines is 1. The van der Waals surface area contributed by atoms with Crippen LogP contribution in [0, 0.1) is 5.82 Å². The molecule has 0 aliphatic carbocycles. The molecule has 1 amide bonds. The molecule has 4 aromatic rings. The van der Waals surface area contributed by atoms with Crippen molar-refractivity contribution in [3.8, 4) is 0 Å². The van der Waals surface area contributed by atoms with Gasteiger partial charge in [0.05, 0.1) is 17.0 Å². The maximum Gasteiger partial charge on any atom is 0.296 e. The van der Waals surface area contributed by atoms with Gasteiger partial charge in [0.25, 0.3) is 5.91 Å². The third kappa shape index (κ3) is 3.03. The van der Waals surface area contributed by atoms with Crippen LogP contribution in [-0.2, 0) is 0 Å². The van der Waals surface area contributed by atoms with Gasteiger partial charge in [0.1, 0.15) is 17.2 Å². The summed E-state index contributed by atoms with van der Waals surface area (Å²) >= 11 is 0. The molecule has 5 nitrogen and oxygen atoms in total. The summed E-state index contributed by atoms with van der Waals surface area (Å²) in [5, 5.41) is 0.109. The number of carbonyl (C=O) groups is 1. The van der Waals surface area contributed by atoms with Crippen LogP contribution in [0.4, 0.5) is 10.2 Å². The van der Waals surface area contributed by atoms with Gasteiger partial charge in [0, 0.05) is 6.20 Å². The number of fused-ring (bicyclic) bond motifs is 2. The van der Waals surface area contributed by atoms with Gasteiger partial charge in [-0.2, -0.15) is 0 Å². The second kappa shape index (κ2) is 7.16. The Labute approximate surface area is 177 Å². The number of hydrogen-bond acceptors (Lipinski definition) is 4. The highest BCUT2D eigenvalue weighted by atomic mass is 19.1. The average Bonchev–Trinajstić information content (AvgIpc) is 3.07. The zero-order chi connectivity index (χ0) is 21.7. The van der Waals surface area contributed by atoms with Crippen LogP contribution in [0.25, 0.3) is 11.0 Å². The quantitative estimate of drug-likeness (QED) is 0.462. The van der Waals surface area contributed by atoms with Crippen molar-refractivity contribution in [1.29, 1.82) is 0 Å². The molecule has 3 heterocycles. The maximum atomic E-state index is 13.9. The first-order valence-electron chi connectivity index (χ1n) is 10.1. The molecular weight excluding hydrogens is 395 g/mol. The second-order valence-electron chi connectivity index (χ2n) is 7.90. The molecule has 0 radical (unpaired) electrons. The van der Waals surface area contributed by atoms with E-state index in [0.29, 0.717) is 11.7 Å². The van der Waals surface area contributed by atoms with Crippen LogP contribution in [0.3, 0.4) is 0 Å². The van der Waals surface area contributed by atoms with Gasteiger partial charge >= 0.3 is 0 Å². The number of hydrogen-bond donors (Lipinski definition) is 0. The van der Waals surface area contributed by atoms with E-state index >= 15 is 0 Å². The van der Waals surface area contributed by atoms with Gasteiger partial charge in [-0.25, -0.2) is 9.37 Å². The molecule has 1 aliphatic heterocycles. The molecule has 0 saturated heterocycles. The summed E-state index contributed by atoms with van der Waals surface area (Å²) in [6.45, 7) is 4.19. The van der Waals surface area contributed by atoms with E-state index in [1.807, 2.05) is 24.3 Å². The Kier molecular flexibility index (Phi) is 4.43. The lowest BCUT2D eigenvalue weighted by Crippen LogP contribution is -2.30. The minimum atomic E-state index is -0.720. The highest BCUT2D eigenvalue weighted by molar-refractivity contribution is 6.10. The standard InChI is InChI=1S/C25H19FN2O3/c1-14(2)15-6-8-16(9-7-15)22-21-23(29)18-13-17(26)10-11-19(18)31-24(21)25(30)28(22)20-5-3-4-12-27-20/h3-14,22H,1-2H3. The van der Waals surface area contributed by atoms with E-state index in [1.165, 1.54) is 17.0 Å². The number of benzene rings is 2. The van der Waals surface area contributed by atoms with Crippen molar-refractivity contribution < 1.29 is 13.6 Å². The van der Waals surface area contributed by atoms with Gasteiger partial charge < -0.3 is 4.42 Å². The number of aromatic nitrogens is 1. The summed E-state index contributed by atoms with van der Waals surface area (Å²) in [5.74, 6) is -0.270. The van der Waals surface area contributed by atoms with Gasteiger partial charge in [-0.15, -0.1) is 0 Å². The maximum absolute atomic E-state index is 13.9. The molecule has 1 aliphatic rings. The smallest absolute Gasteiger partial charge is 0.296 e. The van der Waals surface area contributed by atoms with Crippen molar-refractivity contribution >= 4 is 22.7 Å². The van der Waals surface area contributed by atoms with Crippen molar-refractivity contribution in [2.24, 2.45) is 0 Å². The van der Waals surface area contributed by atoms with Crippen molar-refractivity contribution in [3.05, 3.63) is 105 Å². The number of carbonyl (C=O) groups excluding carboxylic acids is 1. The van der Waals surface area contributed by atoms with Crippen LogP contribution in [0.15, 0.2) is 76.1 Å². The number of amides is 1. The predicted octanol–water partition coefficient (Wildman–Crippen LogP) is 5.20.